The Bertz CT molecular complexity index is 855. The van der Waals surface area contributed by atoms with Crippen molar-refractivity contribution < 1.29 is 4.57 Å². The average molecular weight is 297 g/mol. The van der Waals surface area contributed by atoms with Gasteiger partial charge in [-0.05, 0) is 35.6 Å². The summed E-state index contributed by atoms with van der Waals surface area (Å²) in [6.07, 6.45) is 6.14. The molecule has 2 aliphatic rings. The van der Waals surface area contributed by atoms with Gasteiger partial charge >= 0.3 is 6.71 Å². The predicted molar refractivity (Wildman–Crippen MR) is 93.3 cm³/mol. The maximum Gasteiger partial charge on any atom is 0.328 e. The van der Waals surface area contributed by atoms with Gasteiger partial charge in [-0.15, -0.1) is 0 Å². The molecule has 0 saturated carbocycles. The van der Waals surface area contributed by atoms with E-state index in [4.69, 9.17) is 4.98 Å². The van der Waals surface area contributed by atoms with E-state index in [-0.39, 0.29) is 0 Å². The number of hydrogen-bond donors (Lipinski definition) is 0. The van der Waals surface area contributed by atoms with Crippen LogP contribution in [0.3, 0.4) is 0 Å². The van der Waals surface area contributed by atoms with E-state index in [0.29, 0.717) is 6.71 Å². The zero-order chi connectivity index (χ0) is 15.6. The van der Waals surface area contributed by atoms with Gasteiger partial charge in [-0.2, -0.15) is 0 Å². The number of hydrogen-bond acceptors (Lipinski definition) is 1. The van der Waals surface area contributed by atoms with Crippen LogP contribution in [0.1, 0.15) is 27.9 Å². The van der Waals surface area contributed by atoms with Gasteiger partial charge in [0.2, 0.25) is 0 Å². The Morgan fingerprint density at radius 1 is 0.957 bits per heavy atom. The molecule has 0 fully saturated rings. The fourth-order valence-corrected chi connectivity index (χ4v) is 4.54. The van der Waals surface area contributed by atoms with E-state index >= 15 is 0 Å². The first kappa shape index (κ1) is 13.1. The van der Waals surface area contributed by atoms with E-state index in [9.17, 15) is 0 Å². The summed E-state index contributed by atoms with van der Waals surface area (Å²) in [5.74, 6) is 0. The van der Waals surface area contributed by atoms with Gasteiger partial charge in [-0.3, -0.25) is 4.98 Å². The molecule has 3 heteroatoms. The van der Waals surface area contributed by atoms with E-state index in [1.54, 1.807) is 0 Å². The van der Waals surface area contributed by atoms with Crippen molar-refractivity contribution >= 4 is 23.2 Å². The van der Waals surface area contributed by atoms with Gasteiger partial charge < -0.3 is 0 Å². The lowest BCUT2D eigenvalue weighted by Gasteiger charge is -2.31. The van der Waals surface area contributed by atoms with Gasteiger partial charge in [0.1, 0.15) is 12.6 Å². The number of aryl methyl sites for hydroxylation is 2. The fraction of sp³-hybridized carbons (Fsp3) is 0.200. The lowest BCUT2D eigenvalue weighted by molar-refractivity contribution is -0.654. The van der Waals surface area contributed by atoms with Crippen molar-refractivity contribution in [1.29, 1.82) is 0 Å². The number of pyridine rings is 2. The summed E-state index contributed by atoms with van der Waals surface area (Å²) in [6.45, 7) is 2.57. The lowest BCUT2D eigenvalue weighted by atomic mass is 9.32. The molecule has 0 radical (unpaired) electrons. The molecule has 0 saturated heterocycles. The molecule has 2 nitrogen and oxygen atoms in total. The third kappa shape index (κ3) is 1.71. The molecule has 5 rings (SSSR count). The Kier molecular flexibility index (Phi) is 2.58. The molecule has 0 bridgehead atoms. The fourth-order valence-electron chi connectivity index (χ4n) is 4.54. The van der Waals surface area contributed by atoms with Gasteiger partial charge in [0, 0.05) is 36.4 Å². The van der Waals surface area contributed by atoms with Crippen LogP contribution >= 0.6 is 0 Å². The summed E-state index contributed by atoms with van der Waals surface area (Å²) in [5, 5.41) is 0. The summed E-state index contributed by atoms with van der Waals surface area (Å²) in [7, 11) is 2.17. The van der Waals surface area contributed by atoms with Crippen LogP contribution in [-0.4, -0.2) is 11.7 Å². The van der Waals surface area contributed by atoms with Gasteiger partial charge in [-0.25, -0.2) is 4.57 Å². The maximum atomic E-state index is 4.73. The van der Waals surface area contributed by atoms with Gasteiger partial charge in [0.05, 0.1) is 0 Å². The van der Waals surface area contributed by atoms with Gasteiger partial charge in [-0.1, -0.05) is 29.2 Å². The minimum absolute atomic E-state index is 0.327. The van der Waals surface area contributed by atoms with Crippen LogP contribution in [-0.2, 0) is 19.9 Å². The number of fused-ring (bicyclic) bond motifs is 4. The van der Waals surface area contributed by atoms with Crippen LogP contribution in [0.4, 0.5) is 0 Å². The molecule has 23 heavy (non-hydrogen) atoms. The zero-order valence-electron chi connectivity index (χ0n) is 13.5. The molecule has 0 aliphatic carbocycles. The summed E-state index contributed by atoms with van der Waals surface area (Å²) in [5.41, 5.74) is 11.4. The summed E-state index contributed by atoms with van der Waals surface area (Å²) < 4.78 is 2.31. The highest BCUT2D eigenvalue weighted by Crippen LogP contribution is 2.20. The molecule has 0 N–H and O–H groups in total. The van der Waals surface area contributed by atoms with Crippen molar-refractivity contribution in [2.75, 3.05) is 0 Å². The van der Waals surface area contributed by atoms with Crippen LogP contribution in [0.15, 0.2) is 48.8 Å². The van der Waals surface area contributed by atoms with E-state index in [0.717, 1.165) is 12.8 Å². The third-order valence-corrected chi connectivity index (χ3v) is 5.48. The second-order valence-electron chi connectivity index (χ2n) is 6.79. The molecule has 0 unspecified atom stereocenters. The zero-order valence-corrected chi connectivity index (χ0v) is 13.5. The molecule has 0 spiro atoms. The average Bonchev–Trinajstić information content (AvgIpc) is 2.55. The third-order valence-electron chi connectivity index (χ3n) is 5.48. The topological polar surface area (TPSA) is 16.8 Å². The molecule has 110 valence electrons. The maximum absolute atomic E-state index is 4.73. The number of rotatable bonds is 0. The molecular weight excluding hydrogens is 279 g/mol. The molecule has 0 atom stereocenters. The Balaban J connectivity index is 1.91. The Morgan fingerprint density at radius 2 is 1.78 bits per heavy atom. The largest absolute Gasteiger partial charge is 0.328 e. The highest BCUT2D eigenvalue weighted by Gasteiger charge is 2.43. The Morgan fingerprint density at radius 3 is 2.70 bits per heavy atom. The van der Waals surface area contributed by atoms with Gasteiger partial charge in [0.15, 0.2) is 6.20 Å². The number of nitrogens with zero attached hydrogens (tertiary/aromatic N) is 2. The lowest BCUT2D eigenvalue weighted by Crippen LogP contribution is -2.70. The molecular formula is C20H18BN2+. The minimum atomic E-state index is 0.327. The SMILES string of the molecule is Cc1cccc2c1B1c3c(ccnc3C2)Cc2ccc[n+](C)c21. The highest BCUT2D eigenvalue weighted by molar-refractivity contribution is 6.96. The smallest absolute Gasteiger partial charge is 0.261 e. The van der Waals surface area contributed by atoms with Crippen LogP contribution in [0.2, 0.25) is 0 Å². The molecule has 2 aromatic heterocycles. The minimum Gasteiger partial charge on any atom is -0.261 e. The Hall–Kier alpha value is -2.42. The first-order chi connectivity index (χ1) is 11.2. The van der Waals surface area contributed by atoms with Crippen molar-refractivity contribution in [2.45, 2.75) is 19.8 Å². The molecule has 4 heterocycles. The van der Waals surface area contributed by atoms with Crippen LogP contribution in [0.5, 0.6) is 0 Å². The van der Waals surface area contributed by atoms with Gasteiger partial charge in [0.25, 0.3) is 0 Å². The van der Waals surface area contributed by atoms with Crippen molar-refractivity contribution in [2.24, 2.45) is 7.05 Å². The summed E-state index contributed by atoms with van der Waals surface area (Å²) >= 11 is 0. The molecule has 2 aliphatic heterocycles. The van der Waals surface area contributed by atoms with Crippen molar-refractivity contribution in [3.63, 3.8) is 0 Å². The van der Waals surface area contributed by atoms with E-state index in [1.807, 2.05) is 6.20 Å². The monoisotopic (exact) mass is 297 g/mol. The number of aromatic nitrogens is 2. The summed E-state index contributed by atoms with van der Waals surface area (Å²) in [4.78, 5) is 4.73. The van der Waals surface area contributed by atoms with Crippen molar-refractivity contribution in [3.05, 3.63) is 76.7 Å². The first-order valence-electron chi connectivity index (χ1n) is 8.26. The quantitative estimate of drug-likeness (QED) is 0.301. The summed E-state index contributed by atoms with van der Waals surface area (Å²) in [6, 6.07) is 13.4. The molecule has 3 aromatic rings. The van der Waals surface area contributed by atoms with E-state index < -0.39 is 0 Å². The second-order valence-corrected chi connectivity index (χ2v) is 6.79. The van der Waals surface area contributed by atoms with Crippen molar-refractivity contribution in [1.82, 2.24) is 4.98 Å². The number of benzene rings is 1. The van der Waals surface area contributed by atoms with Crippen LogP contribution in [0, 0.1) is 6.92 Å². The standard InChI is InChI=1S/C20H18BN2/c1-13-5-3-6-14-12-17-19-15(8-9-22-17)11-16-7-4-10-23(2)20(16)21(19)18(13)14/h3-10H,11-12H2,1-2H3/q+1. The normalized spacial score (nSPS) is 14.1. The van der Waals surface area contributed by atoms with Crippen LogP contribution in [0.25, 0.3) is 0 Å². The Labute approximate surface area is 136 Å². The predicted octanol–water partition coefficient (Wildman–Crippen LogP) is 0.539. The van der Waals surface area contributed by atoms with E-state index in [1.165, 1.54) is 44.5 Å². The van der Waals surface area contributed by atoms with Crippen LogP contribution < -0.4 is 21.1 Å². The first-order valence-corrected chi connectivity index (χ1v) is 8.26. The molecule has 0 amide bonds. The second kappa shape index (κ2) is 4.54. The molecule has 1 aromatic carbocycles. The van der Waals surface area contributed by atoms with Crippen molar-refractivity contribution in [3.8, 4) is 0 Å². The highest BCUT2D eigenvalue weighted by atomic mass is 14.9. The van der Waals surface area contributed by atoms with E-state index in [2.05, 4.69) is 61.1 Å².